The monoisotopic (exact) mass is 517 g/mol. The minimum atomic E-state index is -0.510. The van der Waals surface area contributed by atoms with Crippen LogP contribution in [0.3, 0.4) is 0 Å². The van der Waals surface area contributed by atoms with Crippen molar-refractivity contribution in [2.24, 2.45) is 0 Å². The van der Waals surface area contributed by atoms with Gasteiger partial charge in [-0.1, -0.05) is 42.2 Å². The Kier molecular flexibility index (Phi) is 10.6. The number of rotatable bonds is 11. The first-order valence-corrected chi connectivity index (χ1v) is 12.1. The Labute approximate surface area is 222 Å². The average molecular weight is 518 g/mol. The standard InChI is InChI=1S/C30H31NO7/c1-21(33)38-30-25(17-24(19-28(30)36-3)11-14-29(34)31-15-16-32)12-9-22-10-13-26(27(18-22)35-2)37-20-23-7-5-4-6-8-23/h4-8,10,13,17-19,32H,11,14-16,20H2,1-3H3,(H,31,34). The summed E-state index contributed by atoms with van der Waals surface area (Å²) in [7, 11) is 3.03. The van der Waals surface area contributed by atoms with Crippen LogP contribution in [0.5, 0.6) is 23.0 Å². The highest BCUT2D eigenvalue weighted by atomic mass is 16.6. The van der Waals surface area contributed by atoms with Gasteiger partial charge in [0.05, 0.1) is 26.4 Å². The van der Waals surface area contributed by atoms with Crippen LogP contribution in [0, 0.1) is 11.8 Å². The van der Waals surface area contributed by atoms with Crippen LogP contribution in [-0.2, 0) is 22.6 Å². The molecule has 0 aliphatic carbocycles. The van der Waals surface area contributed by atoms with Crippen molar-refractivity contribution in [2.45, 2.75) is 26.4 Å². The van der Waals surface area contributed by atoms with Gasteiger partial charge in [-0.05, 0) is 47.9 Å². The summed E-state index contributed by atoms with van der Waals surface area (Å²) in [6.45, 7) is 1.78. The second kappa shape index (κ2) is 14.3. The van der Waals surface area contributed by atoms with Crippen molar-refractivity contribution < 1.29 is 33.6 Å². The molecule has 3 aromatic carbocycles. The molecule has 3 aromatic rings. The Balaban J connectivity index is 1.87. The number of carbonyl (C=O) groups is 2. The molecule has 1 amide bonds. The van der Waals surface area contributed by atoms with Gasteiger partial charge >= 0.3 is 5.97 Å². The molecule has 0 unspecified atom stereocenters. The van der Waals surface area contributed by atoms with Gasteiger partial charge < -0.3 is 29.4 Å². The summed E-state index contributed by atoms with van der Waals surface area (Å²) in [5.74, 6) is 7.11. The zero-order valence-electron chi connectivity index (χ0n) is 21.7. The SMILES string of the molecule is COc1cc(C#Cc2cc(CCC(=O)NCCO)cc(OC)c2OC(C)=O)ccc1OCc1ccccc1. The molecule has 0 radical (unpaired) electrons. The Morgan fingerprint density at radius 2 is 1.66 bits per heavy atom. The van der Waals surface area contributed by atoms with Crippen molar-refractivity contribution in [3.8, 4) is 34.8 Å². The summed E-state index contributed by atoms with van der Waals surface area (Å²) < 4.78 is 22.3. The van der Waals surface area contributed by atoms with Crippen LogP contribution in [0.2, 0.25) is 0 Å². The molecular formula is C30H31NO7. The lowest BCUT2D eigenvalue weighted by molar-refractivity contribution is -0.132. The van der Waals surface area contributed by atoms with E-state index in [0.717, 1.165) is 11.1 Å². The van der Waals surface area contributed by atoms with Gasteiger partial charge in [0.2, 0.25) is 5.91 Å². The number of esters is 1. The number of benzene rings is 3. The van der Waals surface area contributed by atoms with Gasteiger partial charge in [0.1, 0.15) is 6.61 Å². The molecule has 0 aliphatic rings. The Bertz CT molecular complexity index is 1310. The number of hydrogen-bond acceptors (Lipinski definition) is 7. The first kappa shape index (κ1) is 28.1. The van der Waals surface area contributed by atoms with E-state index in [2.05, 4.69) is 17.2 Å². The van der Waals surface area contributed by atoms with Gasteiger partial charge in [-0.2, -0.15) is 0 Å². The van der Waals surface area contributed by atoms with Crippen molar-refractivity contribution in [2.75, 3.05) is 27.4 Å². The van der Waals surface area contributed by atoms with Gasteiger partial charge in [-0.25, -0.2) is 0 Å². The predicted molar refractivity (Wildman–Crippen MR) is 142 cm³/mol. The molecule has 0 fully saturated rings. The van der Waals surface area contributed by atoms with Crippen molar-refractivity contribution >= 4 is 11.9 Å². The van der Waals surface area contributed by atoms with Crippen LogP contribution >= 0.6 is 0 Å². The number of hydrogen-bond donors (Lipinski definition) is 2. The van der Waals surface area contributed by atoms with Crippen LogP contribution in [0.25, 0.3) is 0 Å². The number of methoxy groups -OCH3 is 2. The Morgan fingerprint density at radius 1 is 0.895 bits per heavy atom. The quantitative estimate of drug-likeness (QED) is 0.227. The third-order valence-corrected chi connectivity index (χ3v) is 5.40. The Morgan fingerprint density at radius 3 is 2.34 bits per heavy atom. The maximum Gasteiger partial charge on any atom is 0.308 e. The maximum atomic E-state index is 12.0. The highest BCUT2D eigenvalue weighted by molar-refractivity contribution is 5.76. The number of carbonyl (C=O) groups excluding carboxylic acids is 2. The van der Waals surface area contributed by atoms with E-state index in [9.17, 15) is 9.59 Å². The fraction of sp³-hybridized carbons (Fsp3) is 0.267. The first-order valence-electron chi connectivity index (χ1n) is 12.1. The molecule has 8 heteroatoms. The summed E-state index contributed by atoms with van der Waals surface area (Å²) >= 11 is 0. The van der Waals surface area contributed by atoms with E-state index in [0.29, 0.717) is 41.4 Å². The highest BCUT2D eigenvalue weighted by Gasteiger charge is 2.15. The summed E-state index contributed by atoms with van der Waals surface area (Å²) in [5.41, 5.74) is 2.92. The molecular weight excluding hydrogens is 486 g/mol. The van der Waals surface area contributed by atoms with E-state index in [4.69, 9.17) is 24.1 Å². The number of amides is 1. The molecule has 2 N–H and O–H groups in total. The molecule has 38 heavy (non-hydrogen) atoms. The molecule has 0 spiro atoms. The fourth-order valence-electron chi connectivity index (χ4n) is 3.58. The predicted octanol–water partition coefficient (Wildman–Crippen LogP) is 3.65. The summed E-state index contributed by atoms with van der Waals surface area (Å²) in [6.07, 6.45) is 0.620. The van der Waals surface area contributed by atoms with Crippen molar-refractivity contribution in [1.82, 2.24) is 5.32 Å². The van der Waals surface area contributed by atoms with Crippen LogP contribution in [-0.4, -0.2) is 44.4 Å². The van der Waals surface area contributed by atoms with Crippen LogP contribution in [0.1, 0.15) is 35.6 Å². The van der Waals surface area contributed by atoms with Gasteiger partial charge in [-0.3, -0.25) is 9.59 Å². The average Bonchev–Trinajstić information content (AvgIpc) is 2.93. The fourth-order valence-corrected chi connectivity index (χ4v) is 3.58. The van der Waals surface area contributed by atoms with Crippen molar-refractivity contribution in [3.63, 3.8) is 0 Å². The molecule has 0 bridgehead atoms. The van der Waals surface area contributed by atoms with E-state index in [-0.39, 0.29) is 31.2 Å². The number of nitrogens with one attached hydrogen (secondary N) is 1. The molecule has 0 heterocycles. The molecule has 0 aromatic heterocycles. The normalized spacial score (nSPS) is 10.1. The second-order valence-corrected chi connectivity index (χ2v) is 8.23. The molecule has 3 rings (SSSR count). The highest BCUT2D eigenvalue weighted by Crippen LogP contribution is 2.34. The zero-order valence-corrected chi connectivity index (χ0v) is 21.7. The lowest BCUT2D eigenvalue weighted by Gasteiger charge is -2.13. The van der Waals surface area contributed by atoms with Crippen LogP contribution in [0.4, 0.5) is 0 Å². The minimum Gasteiger partial charge on any atom is -0.493 e. The zero-order chi connectivity index (χ0) is 27.3. The number of aryl methyl sites for hydroxylation is 1. The molecule has 198 valence electrons. The van der Waals surface area contributed by atoms with Crippen molar-refractivity contribution in [3.05, 3.63) is 82.9 Å². The lowest BCUT2D eigenvalue weighted by atomic mass is 10.0. The van der Waals surface area contributed by atoms with Gasteiger partial charge in [0, 0.05) is 25.5 Å². The summed E-state index contributed by atoms with van der Waals surface area (Å²) in [4.78, 5) is 23.7. The molecule has 0 saturated heterocycles. The Hall–Kier alpha value is -4.48. The van der Waals surface area contributed by atoms with E-state index >= 15 is 0 Å². The van der Waals surface area contributed by atoms with Gasteiger partial charge in [0.25, 0.3) is 0 Å². The third-order valence-electron chi connectivity index (χ3n) is 5.40. The molecule has 0 aliphatic heterocycles. The minimum absolute atomic E-state index is 0.124. The van der Waals surface area contributed by atoms with Crippen molar-refractivity contribution in [1.29, 1.82) is 0 Å². The third kappa shape index (κ3) is 8.29. The summed E-state index contributed by atoms with van der Waals surface area (Å²) in [6, 6.07) is 18.7. The van der Waals surface area contributed by atoms with Gasteiger partial charge in [-0.15, -0.1) is 0 Å². The smallest absolute Gasteiger partial charge is 0.308 e. The second-order valence-electron chi connectivity index (χ2n) is 8.23. The van der Waals surface area contributed by atoms with Crippen LogP contribution in [0.15, 0.2) is 60.7 Å². The number of ether oxygens (including phenoxy) is 4. The van der Waals surface area contributed by atoms with E-state index < -0.39 is 5.97 Å². The maximum absolute atomic E-state index is 12.0. The lowest BCUT2D eigenvalue weighted by Crippen LogP contribution is -2.26. The topological polar surface area (TPSA) is 103 Å². The van der Waals surface area contributed by atoms with E-state index in [1.54, 1.807) is 31.4 Å². The number of aliphatic hydroxyl groups is 1. The molecule has 0 saturated carbocycles. The number of aliphatic hydroxyl groups excluding tert-OH is 1. The largest absolute Gasteiger partial charge is 0.493 e. The first-order chi connectivity index (χ1) is 18.4. The van der Waals surface area contributed by atoms with E-state index in [1.165, 1.54) is 14.0 Å². The van der Waals surface area contributed by atoms with E-state index in [1.807, 2.05) is 36.4 Å². The summed E-state index contributed by atoms with van der Waals surface area (Å²) in [5, 5.41) is 11.5. The molecule has 8 nitrogen and oxygen atoms in total. The van der Waals surface area contributed by atoms with Gasteiger partial charge in [0.15, 0.2) is 23.0 Å². The molecule has 0 atom stereocenters. The van der Waals surface area contributed by atoms with Crippen LogP contribution < -0.4 is 24.3 Å².